The van der Waals surface area contributed by atoms with Gasteiger partial charge in [-0.3, -0.25) is 4.98 Å². The first-order valence-electron chi connectivity index (χ1n) is 8.06. The van der Waals surface area contributed by atoms with E-state index in [0.29, 0.717) is 12.5 Å². The Morgan fingerprint density at radius 1 is 0.957 bits per heavy atom. The molecule has 4 rings (SSSR count). The van der Waals surface area contributed by atoms with E-state index in [1.54, 1.807) is 6.20 Å². The second-order valence-corrected chi connectivity index (χ2v) is 5.76. The maximum absolute atomic E-state index is 4.77. The van der Waals surface area contributed by atoms with Crippen LogP contribution in [0.15, 0.2) is 48.7 Å². The first-order valence-corrected chi connectivity index (χ1v) is 8.06. The van der Waals surface area contributed by atoms with Crippen molar-refractivity contribution in [3.63, 3.8) is 0 Å². The van der Waals surface area contributed by atoms with Crippen molar-refractivity contribution in [2.75, 3.05) is 23.3 Å². The highest BCUT2D eigenvalue weighted by molar-refractivity contribution is 5.90. The van der Waals surface area contributed by atoms with Gasteiger partial charge >= 0.3 is 0 Å². The smallest absolute Gasteiger partial charge is 0.225 e. The summed E-state index contributed by atoms with van der Waals surface area (Å²) >= 11 is 0. The van der Waals surface area contributed by atoms with E-state index >= 15 is 0 Å². The molecule has 116 valence electrons. The molecule has 0 spiro atoms. The zero-order chi connectivity index (χ0) is 15.5. The van der Waals surface area contributed by atoms with E-state index in [0.717, 1.165) is 35.5 Å². The lowest BCUT2D eigenvalue weighted by molar-refractivity contribution is 0.931. The van der Waals surface area contributed by atoms with Crippen molar-refractivity contribution in [1.29, 1.82) is 0 Å². The van der Waals surface area contributed by atoms with Gasteiger partial charge in [-0.05, 0) is 37.1 Å². The summed E-state index contributed by atoms with van der Waals surface area (Å²) in [5.74, 6) is 1.70. The standard InChI is InChI=1S/C18H19N5/c1-2-9-16-15(8-1)17(23-11-5-6-12-23)22-18(21-16)20-13-14-7-3-4-10-19-14/h1-4,7-10H,5-6,11-13H2,(H,20,21,22). The molecule has 0 bridgehead atoms. The summed E-state index contributed by atoms with van der Waals surface area (Å²) in [6.45, 7) is 2.76. The highest BCUT2D eigenvalue weighted by atomic mass is 15.2. The molecule has 5 heteroatoms. The van der Waals surface area contributed by atoms with Gasteiger partial charge < -0.3 is 10.2 Å². The number of hydrogen-bond donors (Lipinski definition) is 1. The number of nitrogens with zero attached hydrogens (tertiary/aromatic N) is 4. The summed E-state index contributed by atoms with van der Waals surface area (Å²) in [6, 6.07) is 14.1. The molecular weight excluding hydrogens is 286 g/mol. The van der Waals surface area contributed by atoms with E-state index in [-0.39, 0.29) is 0 Å². The third-order valence-electron chi connectivity index (χ3n) is 4.14. The molecule has 0 saturated carbocycles. The van der Waals surface area contributed by atoms with Crippen LogP contribution >= 0.6 is 0 Å². The summed E-state index contributed by atoms with van der Waals surface area (Å²) in [4.78, 5) is 16.1. The zero-order valence-electron chi connectivity index (χ0n) is 12.9. The van der Waals surface area contributed by atoms with Crippen molar-refractivity contribution in [2.45, 2.75) is 19.4 Å². The van der Waals surface area contributed by atoms with Crippen LogP contribution in [0.5, 0.6) is 0 Å². The topological polar surface area (TPSA) is 53.9 Å². The lowest BCUT2D eigenvalue weighted by Gasteiger charge is -2.19. The zero-order valence-corrected chi connectivity index (χ0v) is 12.9. The van der Waals surface area contributed by atoms with Crippen molar-refractivity contribution in [1.82, 2.24) is 15.0 Å². The number of aromatic nitrogens is 3. The van der Waals surface area contributed by atoms with Gasteiger partial charge in [0.2, 0.25) is 5.95 Å². The van der Waals surface area contributed by atoms with Crippen molar-refractivity contribution in [3.8, 4) is 0 Å². The van der Waals surface area contributed by atoms with Crippen LogP contribution in [-0.4, -0.2) is 28.0 Å². The number of nitrogens with one attached hydrogen (secondary N) is 1. The Bertz CT molecular complexity index is 797. The SMILES string of the molecule is c1ccc(CNc2nc(N3CCCC3)c3ccccc3n2)nc1. The first-order chi connectivity index (χ1) is 11.4. The van der Waals surface area contributed by atoms with E-state index in [1.807, 2.05) is 36.4 Å². The Labute approximate surface area is 135 Å². The van der Waals surface area contributed by atoms with Crippen molar-refractivity contribution >= 4 is 22.7 Å². The first kappa shape index (κ1) is 13.9. The van der Waals surface area contributed by atoms with Gasteiger partial charge in [0, 0.05) is 24.7 Å². The molecule has 1 aromatic carbocycles. The summed E-state index contributed by atoms with van der Waals surface area (Å²) in [5, 5.41) is 4.43. The highest BCUT2D eigenvalue weighted by Crippen LogP contribution is 2.27. The average Bonchev–Trinajstić information content (AvgIpc) is 3.14. The molecule has 1 aliphatic heterocycles. The molecular formula is C18H19N5. The van der Waals surface area contributed by atoms with Crippen LogP contribution in [0.3, 0.4) is 0 Å². The highest BCUT2D eigenvalue weighted by Gasteiger charge is 2.17. The number of benzene rings is 1. The number of rotatable bonds is 4. The summed E-state index contributed by atoms with van der Waals surface area (Å²) in [7, 11) is 0. The van der Waals surface area contributed by atoms with Gasteiger partial charge in [-0.2, -0.15) is 4.98 Å². The van der Waals surface area contributed by atoms with Crippen LogP contribution in [0.1, 0.15) is 18.5 Å². The molecule has 1 N–H and O–H groups in total. The molecule has 0 atom stereocenters. The van der Waals surface area contributed by atoms with Crippen LogP contribution in [0.2, 0.25) is 0 Å². The fourth-order valence-electron chi connectivity index (χ4n) is 2.98. The van der Waals surface area contributed by atoms with Gasteiger partial charge in [-0.1, -0.05) is 18.2 Å². The number of para-hydroxylation sites is 1. The van der Waals surface area contributed by atoms with Gasteiger partial charge in [0.1, 0.15) is 5.82 Å². The fraction of sp³-hybridized carbons (Fsp3) is 0.278. The molecule has 0 unspecified atom stereocenters. The molecule has 0 radical (unpaired) electrons. The molecule has 3 heterocycles. The predicted molar refractivity (Wildman–Crippen MR) is 92.5 cm³/mol. The van der Waals surface area contributed by atoms with Crippen LogP contribution < -0.4 is 10.2 Å². The Kier molecular flexibility index (Phi) is 3.76. The maximum Gasteiger partial charge on any atom is 0.225 e. The lowest BCUT2D eigenvalue weighted by atomic mass is 10.2. The second-order valence-electron chi connectivity index (χ2n) is 5.76. The molecule has 5 nitrogen and oxygen atoms in total. The van der Waals surface area contributed by atoms with E-state index in [1.165, 1.54) is 12.8 Å². The maximum atomic E-state index is 4.77. The van der Waals surface area contributed by atoms with E-state index in [2.05, 4.69) is 26.3 Å². The summed E-state index contributed by atoms with van der Waals surface area (Å²) in [6.07, 6.45) is 4.26. The van der Waals surface area contributed by atoms with E-state index in [9.17, 15) is 0 Å². The predicted octanol–water partition coefficient (Wildman–Crippen LogP) is 3.24. The van der Waals surface area contributed by atoms with Crippen molar-refractivity contribution in [3.05, 3.63) is 54.4 Å². The van der Waals surface area contributed by atoms with Crippen LogP contribution in [0, 0.1) is 0 Å². The van der Waals surface area contributed by atoms with Crippen LogP contribution in [0.25, 0.3) is 10.9 Å². The normalized spacial score (nSPS) is 14.3. The van der Waals surface area contributed by atoms with Crippen LogP contribution in [0.4, 0.5) is 11.8 Å². The van der Waals surface area contributed by atoms with E-state index < -0.39 is 0 Å². The minimum absolute atomic E-state index is 0.624. The third-order valence-corrected chi connectivity index (χ3v) is 4.14. The summed E-state index contributed by atoms with van der Waals surface area (Å²) in [5.41, 5.74) is 1.96. The lowest BCUT2D eigenvalue weighted by Crippen LogP contribution is -2.20. The largest absolute Gasteiger partial charge is 0.356 e. The minimum atomic E-state index is 0.624. The molecule has 2 aromatic heterocycles. The Hall–Kier alpha value is -2.69. The average molecular weight is 305 g/mol. The molecule has 0 aliphatic carbocycles. The fourth-order valence-corrected chi connectivity index (χ4v) is 2.98. The number of fused-ring (bicyclic) bond motifs is 1. The van der Waals surface area contributed by atoms with Gasteiger partial charge in [-0.15, -0.1) is 0 Å². The third kappa shape index (κ3) is 2.95. The molecule has 1 fully saturated rings. The van der Waals surface area contributed by atoms with Gasteiger partial charge in [0.15, 0.2) is 0 Å². The van der Waals surface area contributed by atoms with Gasteiger partial charge in [0.05, 0.1) is 17.8 Å². The Balaban J connectivity index is 1.66. The van der Waals surface area contributed by atoms with Crippen molar-refractivity contribution in [2.24, 2.45) is 0 Å². The Morgan fingerprint density at radius 2 is 1.78 bits per heavy atom. The van der Waals surface area contributed by atoms with Gasteiger partial charge in [-0.25, -0.2) is 4.98 Å². The summed E-state index contributed by atoms with van der Waals surface area (Å²) < 4.78 is 0. The molecule has 1 aliphatic rings. The number of anilines is 2. The number of hydrogen-bond acceptors (Lipinski definition) is 5. The van der Waals surface area contributed by atoms with Crippen molar-refractivity contribution < 1.29 is 0 Å². The molecule has 23 heavy (non-hydrogen) atoms. The monoisotopic (exact) mass is 305 g/mol. The van der Waals surface area contributed by atoms with Gasteiger partial charge in [0.25, 0.3) is 0 Å². The molecule has 1 saturated heterocycles. The molecule has 3 aromatic rings. The van der Waals surface area contributed by atoms with Crippen LogP contribution in [-0.2, 0) is 6.54 Å². The van der Waals surface area contributed by atoms with E-state index in [4.69, 9.17) is 4.98 Å². The minimum Gasteiger partial charge on any atom is -0.356 e. The molecule has 0 amide bonds. The number of pyridine rings is 1. The second kappa shape index (κ2) is 6.20. The Morgan fingerprint density at radius 3 is 2.61 bits per heavy atom. The quantitative estimate of drug-likeness (QED) is 0.802.